The fourth-order valence-corrected chi connectivity index (χ4v) is 8.91. The van der Waals surface area contributed by atoms with Crippen LogP contribution in [0.4, 0.5) is 0 Å². The summed E-state index contributed by atoms with van der Waals surface area (Å²) in [5, 5.41) is 9.77. The third kappa shape index (κ3) is 3.65. The van der Waals surface area contributed by atoms with Crippen molar-refractivity contribution >= 4 is 65.2 Å². The molecule has 0 unspecified atom stereocenters. The van der Waals surface area contributed by atoms with Crippen molar-refractivity contribution in [1.29, 1.82) is 0 Å². The first kappa shape index (κ1) is 27.7. The molecule has 0 saturated carbocycles. The molecule has 0 amide bonds. The van der Waals surface area contributed by atoms with Gasteiger partial charge in [0.05, 0.1) is 27.8 Å². The fraction of sp³-hybridized carbons (Fsp3) is 0. The molecule has 11 aromatic rings. The van der Waals surface area contributed by atoms with Gasteiger partial charge in [0.2, 0.25) is 0 Å². The van der Waals surface area contributed by atoms with Crippen LogP contribution in [0.1, 0.15) is 0 Å². The van der Waals surface area contributed by atoms with E-state index in [1.165, 1.54) is 71.1 Å². The van der Waals surface area contributed by atoms with Crippen molar-refractivity contribution in [2.75, 3.05) is 0 Å². The fourth-order valence-electron chi connectivity index (χ4n) is 8.91. The highest BCUT2D eigenvalue weighted by Gasteiger charge is 2.26. The van der Waals surface area contributed by atoms with Crippen LogP contribution in [0.3, 0.4) is 0 Å². The maximum Gasteiger partial charge on any atom is 0.145 e. The highest BCUT2D eigenvalue weighted by atomic mass is 15.1. The monoisotopic (exact) mass is 660 g/mol. The number of fused-ring (bicyclic) bond motifs is 11. The molecule has 7 aromatic carbocycles. The second-order valence-corrected chi connectivity index (χ2v) is 13.8. The van der Waals surface area contributed by atoms with Crippen LogP contribution in [0, 0.1) is 0 Å². The van der Waals surface area contributed by atoms with E-state index in [9.17, 15) is 0 Å². The second kappa shape index (κ2) is 10.3. The number of para-hydroxylation sites is 2. The summed E-state index contributed by atoms with van der Waals surface area (Å²) in [5.74, 6) is 0.937. The number of hydrogen-bond acceptors (Lipinski definition) is 2. The number of nitrogens with zero attached hydrogens (tertiary/aromatic N) is 4. The Kier molecular flexibility index (Phi) is 5.47. The lowest BCUT2D eigenvalue weighted by molar-refractivity contribution is 1.10. The molecule has 4 heterocycles. The molecule has 1 aliphatic rings. The van der Waals surface area contributed by atoms with Crippen molar-refractivity contribution in [3.8, 4) is 45.0 Å². The largest absolute Gasteiger partial charge is 0.309 e. The van der Waals surface area contributed by atoms with Crippen molar-refractivity contribution in [3.05, 3.63) is 170 Å². The van der Waals surface area contributed by atoms with Crippen LogP contribution in [0.2, 0.25) is 0 Å². The third-order valence-electron chi connectivity index (χ3n) is 11.1. The summed E-state index contributed by atoms with van der Waals surface area (Å²) >= 11 is 0. The van der Waals surface area contributed by atoms with Gasteiger partial charge in [-0.3, -0.25) is 9.55 Å². The SMILES string of the molecule is c1ccc(-n2c3ccccc3c3cc(-c4ccc5c(c4)c4c6ccccc6ccc4n5-c4ncc5c6c(cccc46)-c4ncccc4-5)ccc32)cc1. The number of aromatic nitrogens is 4. The topological polar surface area (TPSA) is 35.6 Å². The predicted octanol–water partition coefficient (Wildman–Crippen LogP) is 12.3. The van der Waals surface area contributed by atoms with Gasteiger partial charge in [-0.1, -0.05) is 103 Å². The molecule has 0 bridgehead atoms. The zero-order valence-electron chi connectivity index (χ0n) is 28.0. The molecule has 0 saturated heterocycles. The first-order valence-corrected chi connectivity index (χ1v) is 17.7. The number of rotatable bonds is 3. The number of benzene rings is 7. The highest BCUT2D eigenvalue weighted by molar-refractivity contribution is 6.23. The molecule has 52 heavy (non-hydrogen) atoms. The lowest BCUT2D eigenvalue weighted by Gasteiger charge is -2.12. The molecule has 0 radical (unpaired) electrons. The zero-order valence-corrected chi connectivity index (χ0v) is 28.0. The van der Waals surface area contributed by atoms with Gasteiger partial charge in [-0.05, 0) is 76.5 Å². The van der Waals surface area contributed by atoms with Crippen LogP contribution >= 0.6 is 0 Å². The molecule has 12 rings (SSSR count). The van der Waals surface area contributed by atoms with Gasteiger partial charge in [-0.2, -0.15) is 0 Å². The standard InChI is InChI=1S/C48H28N4/c1-2-11-32(12-3-1)51-41-18-7-6-14-34(41)38-26-30(20-22-42(38)51)31-21-23-43-39(27-31)46-33-13-5-4-10-29(33)19-24-44(46)52(43)48-37-16-8-15-36-45(37)40(28-50-48)35-17-9-25-49-47(35)36/h1-28H. The van der Waals surface area contributed by atoms with Crippen LogP contribution < -0.4 is 0 Å². The van der Waals surface area contributed by atoms with E-state index in [4.69, 9.17) is 9.97 Å². The Morgan fingerprint density at radius 1 is 0.385 bits per heavy atom. The van der Waals surface area contributed by atoms with Crippen molar-refractivity contribution < 1.29 is 0 Å². The smallest absolute Gasteiger partial charge is 0.145 e. The molecule has 1 aliphatic carbocycles. The Hall–Kier alpha value is -7.04. The summed E-state index contributed by atoms with van der Waals surface area (Å²) in [6.07, 6.45) is 3.93. The average molecular weight is 661 g/mol. The second-order valence-electron chi connectivity index (χ2n) is 13.8. The molecular formula is C48H28N4. The normalized spacial score (nSPS) is 12.2. The lowest BCUT2D eigenvalue weighted by Crippen LogP contribution is -1.99. The minimum atomic E-state index is 0.937. The number of hydrogen-bond donors (Lipinski definition) is 0. The van der Waals surface area contributed by atoms with E-state index in [0.717, 1.165) is 39.1 Å². The summed E-state index contributed by atoms with van der Waals surface area (Å²) < 4.78 is 4.74. The van der Waals surface area contributed by atoms with Crippen molar-refractivity contribution in [2.24, 2.45) is 0 Å². The minimum Gasteiger partial charge on any atom is -0.309 e. The van der Waals surface area contributed by atoms with E-state index in [0.29, 0.717) is 0 Å². The van der Waals surface area contributed by atoms with Crippen LogP contribution in [0.5, 0.6) is 0 Å². The Bertz CT molecular complexity index is 3260. The molecule has 0 spiro atoms. The molecule has 0 atom stereocenters. The Morgan fingerprint density at radius 2 is 1.08 bits per heavy atom. The van der Waals surface area contributed by atoms with Gasteiger partial charge in [0.25, 0.3) is 0 Å². The summed E-state index contributed by atoms with van der Waals surface area (Å²) in [6, 6.07) is 57.2. The Labute approximate surface area is 298 Å². The zero-order chi connectivity index (χ0) is 33.9. The average Bonchev–Trinajstić information content (AvgIpc) is 3.85. The van der Waals surface area contributed by atoms with Crippen LogP contribution in [0.15, 0.2) is 170 Å². The van der Waals surface area contributed by atoms with Gasteiger partial charge in [0.15, 0.2) is 0 Å². The molecule has 4 aromatic heterocycles. The molecule has 0 fully saturated rings. The maximum absolute atomic E-state index is 5.24. The van der Waals surface area contributed by atoms with Crippen LogP contribution in [0.25, 0.3) is 110 Å². The first-order valence-electron chi connectivity index (χ1n) is 17.7. The molecule has 0 aliphatic heterocycles. The van der Waals surface area contributed by atoms with Crippen LogP contribution in [-0.4, -0.2) is 19.1 Å². The van der Waals surface area contributed by atoms with E-state index in [-0.39, 0.29) is 0 Å². The number of pyridine rings is 2. The van der Waals surface area contributed by atoms with E-state index in [2.05, 4.69) is 161 Å². The van der Waals surface area contributed by atoms with Gasteiger partial charge >= 0.3 is 0 Å². The molecule has 0 N–H and O–H groups in total. The summed E-state index contributed by atoms with van der Waals surface area (Å²) in [5.41, 5.74) is 12.7. The van der Waals surface area contributed by atoms with Crippen molar-refractivity contribution in [3.63, 3.8) is 0 Å². The third-order valence-corrected chi connectivity index (χ3v) is 11.1. The Morgan fingerprint density at radius 3 is 1.96 bits per heavy atom. The molecule has 4 heteroatoms. The minimum absolute atomic E-state index is 0.937. The lowest BCUT2D eigenvalue weighted by atomic mass is 9.99. The van der Waals surface area contributed by atoms with Gasteiger partial charge in [0.1, 0.15) is 5.82 Å². The van der Waals surface area contributed by atoms with Crippen LogP contribution in [-0.2, 0) is 0 Å². The Balaban J connectivity index is 1.13. The van der Waals surface area contributed by atoms with Gasteiger partial charge < -0.3 is 4.57 Å². The molecule has 240 valence electrons. The predicted molar refractivity (Wildman–Crippen MR) is 216 cm³/mol. The van der Waals surface area contributed by atoms with Crippen molar-refractivity contribution in [1.82, 2.24) is 19.1 Å². The van der Waals surface area contributed by atoms with E-state index < -0.39 is 0 Å². The maximum atomic E-state index is 5.24. The van der Waals surface area contributed by atoms with Gasteiger partial charge in [0, 0.05) is 67.1 Å². The van der Waals surface area contributed by atoms with Gasteiger partial charge in [-0.15, -0.1) is 0 Å². The highest BCUT2D eigenvalue weighted by Crippen LogP contribution is 2.48. The molecular weight excluding hydrogens is 633 g/mol. The summed E-state index contributed by atoms with van der Waals surface area (Å²) in [4.78, 5) is 10.0. The first-order chi connectivity index (χ1) is 25.8. The van der Waals surface area contributed by atoms with Crippen molar-refractivity contribution in [2.45, 2.75) is 0 Å². The quantitative estimate of drug-likeness (QED) is 0.189. The van der Waals surface area contributed by atoms with E-state index in [1.807, 2.05) is 18.5 Å². The summed E-state index contributed by atoms with van der Waals surface area (Å²) in [7, 11) is 0. The van der Waals surface area contributed by atoms with E-state index >= 15 is 0 Å². The van der Waals surface area contributed by atoms with Gasteiger partial charge in [-0.25, -0.2) is 4.98 Å². The molecule has 4 nitrogen and oxygen atoms in total. The van der Waals surface area contributed by atoms with E-state index in [1.54, 1.807) is 0 Å². The summed E-state index contributed by atoms with van der Waals surface area (Å²) in [6.45, 7) is 0.